The zero-order valence-corrected chi connectivity index (χ0v) is 32.1. The smallest absolute Gasteiger partial charge is 0.164 e. The molecular weight excluding hydrogens is 743 g/mol. The predicted octanol–water partition coefficient (Wildman–Crippen LogP) is 15.0. The first-order valence-corrected chi connectivity index (χ1v) is 20.5. The summed E-state index contributed by atoms with van der Waals surface area (Å²) in [5, 5.41) is 11.2. The van der Waals surface area contributed by atoms with Gasteiger partial charge >= 0.3 is 0 Å². The minimum atomic E-state index is 0.597. The monoisotopic (exact) mass is 771 g/mol. The molecule has 0 aliphatic rings. The molecule has 0 unspecified atom stereocenters. The SMILES string of the molecule is c1ccc2c(c1)oc1cccc(-c3nc(-c4ccc(-c5ccc6c(ccc7oc8ccccc8c76)c5)c5ccccc45)nc(-c4cccc5sc6ccccc6c45)n3)c12. The molecule has 4 heterocycles. The van der Waals surface area contributed by atoms with Gasteiger partial charge in [-0.1, -0.05) is 127 Å². The average Bonchev–Trinajstić information content (AvgIpc) is 4.00. The van der Waals surface area contributed by atoms with Crippen LogP contribution in [0.1, 0.15) is 0 Å². The molecule has 0 saturated heterocycles. The Kier molecular flexibility index (Phi) is 6.82. The molecule has 59 heavy (non-hydrogen) atoms. The van der Waals surface area contributed by atoms with Crippen LogP contribution >= 0.6 is 11.3 Å². The van der Waals surface area contributed by atoms with Crippen LogP contribution in [0.4, 0.5) is 0 Å². The maximum Gasteiger partial charge on any atom is 0.164 e. The molecule has 274 valence electrons. The Hall–Kier alpha value is -7.67. The van der Waals surface area contributed by atoms with Gasteiger partial charge in [-0.2, -0.15) is 0 Å². The molecule has 0 amide bonds. The Bertz CT molecular complexity index is 3740. The quantitative estimate of drug-likeness (QED) is 0.178. The van der Waals surface area contributed by atoms with Gasteiger partial charge in [0.1, 0.15) is 22.3 Å². The van der Waals surface area contributed by atoms with Crippen molar-refractivity contribution in [3.63, 3.8) is 0 Å². The summed E-state index contributed by atoms with van der Waals surface area (Å²) in [6.07, 6.45) is 0. The van der Waals surface area contributed by atoms with Gasteiger partial charge in [-0.3, -0.25) is 0 Å². The summed E-state index contributed by atoms with van der Waals surface area (Å²) in [5.74, 6) is 1.84. The topological polar surface area (TPSA) is 65.0 Å². The van der Waals surface area contributed by atoms with Crippen molar-refractivity contribution in [2.75, 3.05) is 0 Å². The van der Waals surface area contributed by atoms with E-state index in [0.29, 0.717) is 17.5 Å². The van der Waals surface area contributed by atoms with Crippen LogP contribution in [0, 0.1) is 0 Å². The molecule has 0 aliphatic heterocycles. The highest BCUT2D eigenvalue weighted by atomic mass is 32.1. The van der Waals surface area contributed by atoms with E-state index in [1.54, 1.807) is 11.3 Å². The first kappa shape index (κ1) is 32.4. The first-order valence-electron chi connectivity index (χ1n) is 19.7. The molecule has 9 aromatic carbocycles. The second-order valence-corrected chi connectivity index (χ2v) is 16.1. The Morgan fingerprint density at radius 3 is 1.63 bits per heavy atom. The van der Waals surface area contributed by atoms with Crippen molar-refractivity contribution in [2.45, 2.75) is 0 Å². The van der Waals surface area contributed by atoms with Crippen molar-refractivity contribution in [2.24, 2.45) is 0 Å². The highest BCUT2D eigenvalue weighted by Gasteiger charge is 2.21. The van der Waals surface area contributed by atoms with Crippen molar-refractivity contribution < 1.29 is 8.83 Å². The number of thiophene rings is 1. The summed E-state index contributed by atoms with van der Waals surface area (Å²) in [6.45, 7) is 0. The van der Waals surface area contributed by atoms with Gasteiger partial charge in [0.25, 0.3) is 0 Å². The van der Waals surface area contributed by atoms with E-state index in [1.807, 2.05) is 42.5 Å². The summed E-state index contributed by atoms with van der Waals surface area (Å²) in [5.41, 5.74) is 8.52. The summed E-state index contributed by atoms with van der Waals surface area (Å²) in [6, 6.07) is 61.5. The Labute approximate surface area is 340 Å². The van der Waals surface area contributed by atoms with Crippen LogP contribution in [0.2, 0.25) is 0 Å². The van der Waals surface area contributed by atoms with Crippen molar-refractivity contribution in [3.8, 4) is 45.3 Å². The molecule has 13 aromatic rings. The van der Waals surface area contributed by atoms with E-state index in [2.05, 4.69) is 133 Å². The predicted molar refractivity (Wildman–Crippen MR) is 244 cm³/mol. The van der Waals surface area contributed by atoms with E-state index in [9.17, 15) is 0 Å². The number of benzene rings is 9. The standard InChI is InChI=1S/C53H29N3O2S/c1-2-12-35-34(11-1)32(30-23-25-33-31(29-30)24-28-45-48(33)37-13-3-6-18-42(37)58-45)26-27-36(35)51-54-52(40-16-9-20-44-49(40)38-14-4-7-19-43(38)57-44)56-53(55-51)41-17-10-22-47-50(41)39-15-5-8-21-46(39)59-47/h1-29H. The van der Waals surface area contributed by atoms with Crippen LogP contribution in [-0.4, -0.2) is 15.0 Å². The van der Waals surface area contributed by atoms with E-state index in [4.69, 9.17) is 23.8 Å². The number of nitrogens with zero attached hydrogens (tertiary/aromatic N) is 3. The molecule has 0 fully saturated rings. The fourth-order valence-corrected chi connectivity index (χ4v) is 10.3. The lowest BCUT2D eigenvalue weighted by Gasteiger charge is -2.14. The van der Waals surface area contributed by atoms with Crippen LogP contribution in [0.5, 0.6) is 0 Å². The minimum Gasteiger partial charge on any atom is -0.456 e. The van der Waals surface area contributed by atoms with Gasteiger partial charge in [0.15, 0.2) is 17.5 Å². The molecule has 0 bridgehead atoms. The summed E-state index contributed by atoms with van der Waals surface area (Å²) in [7, 11) is 0. The largest absolute Gasteiger partial charge is 0.456 e. The molecule has 0 atom stereocenters. The van der Waals surface area contributed by atoms with Crippen molar-refractivity contribution in [1.82, 2.24) is 15.0 Å². The van der Waals surface area contributed by atoms with Crippen LogP contribution in [0.25, 0.3) is 131 Å². The van der Waals surface area contributed by atoms with E-state index >= 15 is 0 Å². The van der Waals surface area contributed by atoms with Gasteiger partial charge < -0.3 is 8.83 Å². The highest BCUT2D eigenvalue weighted by molar-refractivity contribution is 7.25. The lowest BCUT2D eigenvalue weighted by molar-refractivity contribution is 0.668. The Morgan fingerprint density at radius 1 is 0.322 bits per heavy atom. The lowest BCUT2D eigenvalue weighted by Crippen LogP contribution is -2.01. The molecular formula is C53H29N3O2S. The highest BCUT2D eigenvalue weighted by Crippen LogP contribution is 2.43. The normalized spacial score (nSPS) is 12.1. The third-order valence-electron chi connectivity index (χ3n) is 11.8. The van der Waals surface area contributed by atoms with Gasteiger partial charge in [0.2, 0.25) is 0 Å². The molecule has 0 spiro atoms. The number of para-hydroxylation sites is 2. The summed E-state index contributed by atoms with van der Waals surface area (Å²) >= 11 is 1.79. The maximum absolute atomic E-state index is 6.34. The second-order valence-electron chi connectivity index (χ2n) is 15.0. The van der Waals surface area contributed by atoms with Crippen LogP contribution in [-0.2, 0) is 0 Å². The fourth-order valence-electron chi connectivity index (χ4n) is 9.13. The van der Waals surface area contributed by atoms with E-state index < -0.39 is 0 Å². The molecule has 4 aromatic heterocycles. The molecule has 0 aliphatic carbocycles. The van der Waals surface area contributed by atoms with Gasteiger partial charge in [-0.15, -0.1) is 11.3 Å². The van der Waals surface area contributed by atoms with Crippen LogP contribution in [0.3, 0.4) is 0 Å². The van der Waals surface area contributed by atoms with Gasteiger partial charge in [0, 0.05) is 58.4 Å². The number of rotatable bonds is 4. The number of hydrogen-bond acceptors (Lipinski definition) is 6. The zero-order valence-electron chi connectivity index (χ0n) is 31.3. The molecule has 13 rings (SSSR count). The van der Waals surface area contributed by atoms with Crippen molar-refractivity contribution in [3.05, 3.63) is 176 Å². The second kappa shape index (κ2) is 12.4. The summed E-state index contributed by atoms with van der Waals surface area (Å²) < 4.78 is 15.0. The molecule has 6 heteroatoms. The lowest BCUT2D eigenvalue weighted by atomic mass is 9.92. The minimum absolute atomic E-state index is 0.597. The summed E-state index contributed by atoms with van der Waals surface area (Å²) in [4.78, 5) is 16.0. The Morgan fingerprint density at radius 2 is 0.864 bits per heavy atom. The third kappa shape index (κ3) is 4.87. The average molecular weight is 772 g/mol. The molecule has 0 saturated carbocycles. The van der Waals surface area contributed by atoms with E-state index in [0.717, 1.165) is 93.2 Å². The Balaban J connectivity index is 1.04. The van der Waals surface area contributed by atoms with Crippen molar-refractivity contribution >= 4 is 96.9 Å². The van der Waals surface area contributed by atoms with Gasteiger partial charge in [-0.05, 0) is 81.2 Å². The van der Waals surface area contributed by atoms with Crippen LogP contribution < -0.4 is 0 Å². The zero-order chi connectivity index (χ0) is 38.6. The van der Waals surface area contributed by atoms with E-state index in [1.165, 1.54) is 20.2 Å². The van der Waals surface area contributed by atoms with Gasteiger partial charge in [-0.25, -0.2) is 15.0 Å². The molecule has 5 nitrogen and oxygen atoms in total. The number of fused-ring (bicyclic) bond motifs is 12. The van der Waals surface area contributed by atoms with Crippen molar-refractivity contribution in [1.29, 1.82) is 0 Å². The van der Waals surface area contributed by atoms with Crippen LogP contribution in [0.15, 0.2) is 185 Å². The number of aromatic nitrogens is 3. The maximum atomic E-state index is 6.34. The van der Waals surface area contributed by atoms with E-state index in [-0.39, 0.29) is 0 Å². The fraction of sp³-hybridized carbons (Fsp3) is 0. The number of hydrogen-bond donors (Lipinski definition) is 0. The number of furan rings is 2. The molecule has 0 N–H and O–H groups in total. The first-order chi connectivity index (χ1) is 29.2. The molecule has 0 radical (unpaired) electrons. The van der Waals surface area contributed by atoms with Gasteiger partial charge in [0.05, 0.1) is 0 Å². The third-order valence-corrected chi connectivity index (χ3v) is 12.9.